The molecule has 0 unspecified atom stereocenters. The number of hydrogen-bond acceptors (Lipinski definition) is 6. The maximum atomic E-state index is 12.5. The minimum atomic E-state index is -0.388. The Hall–Kier alpha value is -2.22. The van der Waals surface area contributed by atoms with Crippen LogP contribution in [0, 0.1) is 6.92 Å². The van der Waals surface area contributed by atoms with E-state index in [1.54, 1.807) is 24.1 Å². The van der Waals surface area contributed by atoms with E-state index in [2.05, 4.69) is 20.3 Å². The van der Waals surface area contributed by atoms with E-state index in [9.17, 15) is 4.79 Å². The molecule has 106 valence electrons. The van der Waals surface area contributed by atoms with E-state index in [1.807, 2.05) is 6.92 Å². The van der Waals surface area contributed by atoms with Crippen molar-refractivity contribution in [3.8, 4) is 0 Å². The van der Waals surface area contributed by atoms with Crippen molar-refractivity contribution in [2.45, 2.75) is 26.0 Å². The molecule has 0 radical (unpaired) electrons. The van der Waals surface area contributed by atoms with Crippen LogP contribution in [0.4, 0.5) is 0 Å². The number of aromatic amines is 1. The lowest BCUT2D eigenvalue weighted by Gasteiger charge is -2.37. The number of carbonyl (C=O) groups is 1. The molecule has 2 aromatic heterocycles. The van der Waals surface area contributed by atoms with Crippen LogP contribution >= 0.6 is 0 Å². The van der Waals surface area contributed by atoms with E-state index in [4.69, 9.17) is 9.26 Å². The quantitative estimate of drug-likeness (QED) is 0.868. The van der Waals surface area contributed by atoms with Gasteiger partial charge in [0.2, 0.25) is 0 Å². The standard InChI is InChI=1S/C12H15N5O3/c1-7-10(11-14-8(2)16-20-11)17(5-6-19-7)12(18)9-3-4-13-15-9/h3-4,7,10H,5-6H2,1-2H3,(H,13,15)/t7-,10+/m1/s1. The number of aromatic nitrogens is 4. The normalized spacial score (nSPS) is 23.0. The highest BCUT2D eigenvalue weighted by atomic mass is 16.5. The zero-order valence-electron chi connectivity index (χ0n) is 11.2. The van der Waals surface area contributed by atoms with Crippen LogP contribution in [-0.2, 0) is 4.74 Å². The number of carbonyl (C=O) groups excluding carboxylic acids is 1. The van der Waals surface area contributed by atoms with Crippen LogP contribution in [0.2, 0.25) is 0 Å². The summed E-state index contributed by atoms with van der Waals surface area (Å²) in [5, 5.41) is 10.3. The summed E-state index contributed by atoms with van der Waals surface area (Å²) in [6.45, 7) is 4.57. The zero-order valence-corrected chi connectivity index (χ0v) is 11.2. The van der Waals surface area contributed by atoms with Crippen molar-refractivity contribution in [3.63, 3.8) is 0 Å². The number of hydrogen-bond donors (Lipinski definition) is 1. The summed E-state index contributed by atoms with van der Waals surface area (Å²) in [5.74, 6) is 0.771. The zero-order chi connectivity index (χ0) is 14.1. The van der Waals surface area contributed by atoms with Crippen molar-refractivity contribution >= 4 is 5.91 Å². The Morgan fingerprint density at radius 3 is 3.05 bits per heavy atom. The van der Waals surface area contributed by atoms with E-state index in [1.165, 1.54) is 0 Å². The fourth-order valence-electron chi connectivity index (χ4n) is 2.35. The summed E-state index contributed by atoms with van der Waals surface area (Å²) >= 11 is 0. The molecule has 0 saturated carbocycles. The second-order valence-electron chi connectivity index (χ2n) is 4.67. The van der Waals surface area contributed by atoms with Crippen molar-refractivity contribution in [1.29, 1.82) is 0 Å². The molecule has 1 N–H and O–H groups in total. The van der Waals surface area contributed by atoms with Crippen LogP contribution in [-0.4, -0.2) is 50.4 Å². The third kappa shape index (κ3) is 2.18. The molecule has 8 heteroatoms. The number of rotatable bonds is 2. The van der Waals surface area contributed by atoms with Crippen LogP contribution in [0.5, 0.6) is 0 Å². The minimum absolute atomic E-state index is 0.154. The molecule has 3 heterocycles. The first-order chi connectivity index (χ1) is 9.66. The molecule has 1 amide bonds. The highest BCUT2D eigenvalue weighted by Crippen LogP contribution is 2.29. The van der Waals surface area contributed by atoms with Gasteiger partial charge in [0, 0.05) is 12.7 Å². The number of nitrogens with one attached hydrogen (secondary N) is 1. The number of nitrogens with zero attached hydrogens (tertiary/aromatic N) is 4. The van der Waals surface area contributed by atoms with Crippen LogP contribution in [0.1, 0.15) is 35.2 Å². The fourth-order valence-corrected chi connectivity index (χ4v) is 2.35. The van der Waals surface area contributed by atoms with Gasteiger partial charge in [0.25, 0.3) is 11.8 Å². The van der Waals surface area contributed by atoms with Gasteiger partial charge in [0.15, 0.2) is 5.82 Å². The molecule has 1 aliphatic heterocycles. The van der Waals surface area contributed by atoms with Crippen molar-refractivity contribution in [2.75, 3.05) is 13.2 Å². The molecule has 1 fully saturated rings. The molecule has 0 aromatic carbocycles. The maximum absolute atomic E-state index is 12.5. The van der Waals surface area contributed by atoms with Gasteiger partial charge in [-0.2, -0.15) is 10.1 Å². The van der Waals surface area contributed by atoms with Gasteiger partial charge in [-0.05, 0) is 19.9 Å². The monoisotopic (exact) mass is 277 g/mol. The molecular formula is C12H15N5O3. The minimum Gasteiger partial charge on any atom is -0.374 e. The summed E-state index contributed by atoms with van der Waals surface area (Å²) in [6, 6.07) is 1.25. The molecule has 20 heavy (non-hydrogen) atoms. The summed E-state index contributed by atoms with van der Waals surface area (Å²) in [7, 11) is 0. The van der Waals surface area contributed by atoms with Crippen LogP contribution in [0.15, 0.2) is 16.8 Å². The SMILES string of the molecule is Cc1noc([C@@H]2[C@@H](C)OCCN2C(=O)c2ccn[nH]2)n1. The first-order valence-corrected chi connectivity index (χ1v) is 6.39. The predicted octanol–water partition coefficient (Wildman–Crippen LogP) is 0.703. The second-order valence-corrected chi connectivity index (χ2v) is 4.67. The Labute approximate surface area is 115 Å². The average Bonchev–Trinajstić information content (AvgIpc) is 3.09. The highest BCUT2D eigenvalue weighted by Gasteiger charge is 2.38. The van der Waals surface area contributed by atoms with Crippen LogP contribution in [0.3, 0.4) is 0 Å². The van der Waals surface area contributed by atoms with Gasteiger partial charge in [-0.1, -0.05) is 5.16 Å². The van der Waals surface area contributed by atoms with Crippen LogP contribution in [0.25, 0.3) is 0 Å². The van der Waals surface area contributed by atoms with Crippen molar-refractivity contribution in [2.24, 2.45) is 0 Å². The van der Waals surface area contributed by atoms with E-state index in [0.29, 0.717) is 30.6 Å². The highest BCUT2D eigenvalue weighted by molar-refractivity contribution is 5.92. The Kier molecular flexibility index (Phi) is 3.23. The number of amides is 1. The number of ether oxygens (including phenoxy) is 1. The third-order valence-electron chi connectivity index (χ3n) is 3.28. The second kappa shape index (κ2) is 5.04. The molecule has 2 aromatic rings. The first-order valence-electron chi connectivity index (χ1n) is 6.39. The van der Waals surface area contributed by atoms with Gasteiger partial charge < -0.3 is 14.2 Å². The summed E-state index contributed by atoms with van der Waals surface area (Å²) < 4.78 is 10.8. The Bertz CT molecular complexity index is 594. The molecule has 3 rings (SSSR count). The Morgan fingerprint density at radius 2 is 2.40 bits per heavy atom. The van der Waals surface area contributed by atoms with Gasteiger partial charge >= 0.3 is 0 Å². The van der Waals surface area contributed by atoms with Crippen molar-refractivity contribution in [3.05, 3.63) is 29.7 Å². The molecule has 1 saturated heterocycles. The maximum Gasteiger partial charge on any atom is 0.272 e. The van der Waals surface area contributed by atoms with Gasteiger partial charge in [-0.15, -0.1) is 0 Å². The number of H-pyrrole nitrogens is 1. The predicted molar refractivity (Wildman–Crippen MR) is 66.8 cm³/mol. The van der Waals surface area contributed by atoms with E-state index in [-0.39, 0.29) is 18.1 Å². The third-order valence-corrected chi connectivity index (χ3v) is 3.28. The Morgan fingerprint density at radius 1 is 1.55 bits per heavy atom. The lowest BCUT2D eigenvalue weighted by Crippen LogP contribution is -2.47. The molecule has 0 aliphatic carbocycles. The first kappa shape index (κ1) is 12.8. The summed E-state index contributed by atoms with van der Waals surface area (Å²) in [6.07, 6.45) is 1.33. The van der Waals surface area contributed by atoms with Crippen LogP contribution < -0.4 is 0 Å². The van der Waals surface area contributed by atoms with Gasteiger partial charge in [-0.3, -0.25) is 9.89 Å². The van der Waals surface area contributed by atoms with E-state index in [0.717, 1.165) is 0 Å². The molecule has 1 aliphatic rings. The van der Waals surface area contributed by atoms with Crippen molar-refractivity contribution < 1.29 is 14.1 Å². The van der Waals surface area contributed by atoms with E-state index < -0.39 is 0 Å². The van der Waals surface area contributed by atoms with E-state index >= 15 is 0 Å². The molecular weight excluding hydrogens is 262 g/mol. The van der Waals surface area contributed by atoms with Gasteiger partial charge in [0.05, 0.1) is 12.7 Å². The van der Waals surface area contributed by atoms with Gasteiger partial charge in [0.1, 0.15) is 11.7 Å². The smallest absolute Gasteiger partial charge is 0.272 e. The summed E-state index contributed by atoms with van der Waals surface area (Å²) in [4.78, 5) is 18.4. The fraction of sp³-hybridized carbons (Fsp3) is 0.500. The molecule has 0 bridgehead atoms. The lowest BCUT2D eigenvalue weighted by molar-refractivity contribution is -0.0602. The lowest BCUT2D eigenvalue weighted by atomic mass is 10.1. The Balaban J connectivity index is 1.92. The topological polar surface area (TPSA) is 97.1 Å². The largest absolute Gasteiger partial charge is 0.374 e. The molecule has 0 spiro atoms. The van der Waals surface area contributed by atoms with Gasteiger partial charge in [-0.25, -0.2) is 0 Å². The van der Waals surface area contributed by atoms with Crippen molar-refractivity contribution in [1.82, 2.24) is 25.2 Å². The average molecular weight is 277 g/mol. The molecule has 8 nitrogen and oxygen atoms in total. The number of aryl methyl sites for hydroxylation is 1. The number of morpholine rings is 1. The summed E-state index contributed by atoms with van der Waals surface area (Å²) in [5.41, 5.74) is 0.431. The molecule has 2 atom stereocenters.